The molecule has 1 heterocycles. The Morgan fingerprint density at radius 2 is 2.19 bits per heavy atom. The molecule has 1 aliphatic rings. The zero-order valence-electron chi connectivity index (χ0n) is 9.52. The third kappa shape index (κ3) is 1.82. The van der Waals surface area contributed by atoms with E-state index in [9.17, 15) is 19.1 Å². The second-order valence-corrected chi connectivity index (χ2v) is 4.37. The first-order valence-corrected chi connectivity index (χ1v) is 5.41. The molecular formula is C10H18FN2O3+. The van der Waals surface area contributed by atoms with Crippen molar-refractivity contribution in [3.63, 3.8) is 0 Å². The molecule has 3 N–H and O–H groups in total. The number of nitrogens with two attached hydrogens (primary N) is 1. The first-order valence-electron chi connectivity index (χ1n) is 5.41. The van der Waals surface area contributed by atoms with E-state index in [0.717, 1.165) is 0 Å². The summed E-state index contributed by atoms with van der Waals surface area (Å²) >= 11 is 0. The number of carboxylic acid groups (broad SMARTS) is 1. The van der Waals surface area contributed by atoms with E-state index in [1.54, 1.807) is 13.8 Å². The van der Waals surface area contributed by atoms with Crippen LogP contribution in [0.1, 0.15) is 26.7 Å². The van der Waals surface area contributed by atoms with Gasteiger partial charge in [-0.15, -0.1) is 0 Å². The van der Waals surface area contributed by atoms with E-state index in [1.807, 2.05) is 0 Å². The molecule has 5 nitrogen and oxygen atoms in total. The van der Waals surface area contributed by atoms with Gasteiger partial charge < -0.3 is 10.8 Å². The Bertz CT molecular complexity index is 310. The zero-order valence-corrected chi connectivity index (χ0v) is 9.52. The van der Waals surface area contributed by atoms with Crippen molar-refractivity contribution in [2.75, 3.05) is 6.54 Å². The van der Waals surface area contributed by atoms with Crippen molar-refractivity contribution in [3.8, 4) is 0 Å². The summed E-state index contributed by atoms with van der Waals surface area (Å²) < 4.78 is 12.4. The molecule has 0 aliphatic carbocycles. The first kappa shape index (κ1) is 13.1. The van der Waals surface area contributed by atoms with E-state index >= 15 is 0 Å². The van der Waals surface area contributed by atoms with Crippen LogP contribution in [0.3, 0.4) is 0 Å². The maximum atomic E-state index is 13.3. The van der Waals surface area contributed by atoms with Gasteiger partial charge in [0.1, 0.15) is 18.6 Å². The highest BCUT2D eigenvalue weighted by Crippen LogP contribution is 2.30. The average molecular weight is 233 g/mol. The molecule has 0 aromatic carbocycles. The Morgan fingerprint density at radius 3 is 2.50 bits per heavy atom. The molecule has 1 saturated heterocycles. The highest BCUT2D eigenvalue weighted by Gasteiger charge is 2.57. The molecule has 1 aliphatic heterocycles. The van der Waals surface area contributed by atoms with Gasteiger partial charge >= 0.3 is 12.0 Å². The van der Waals surface area contributed by atoms with E-state index in [2.05, 4.69) is 0 Å². The van der Waals surface area contributed by atoms with Crippen LogP contribution in [0.4, 0.5) is 9.18 Å². The smallest absolute Gasteiger partial charge is 0.435 e. The monoisotopic (exact) mass is 233 g/mol. The van der Waals surface area contributed by atoms with Crippen LogP contribution >= 0.6 is 0 Å². The van der Waals surface area contributed by atoms with Crippen molar-refractivity contribution in [3.05, 3.63) is 0 Å². The third-order valence-corrected chi connectivity index (χ3v) is 3.33. The highest BCUT2D eigenvalue weighted by molar-refractivity contribution is 5.84. The molecule has 0 spiro atoms. The number of halogens is 1. The van der Waals surface area contributed by atoms with Crippen LogP contribution in [-0.4, -0.2) is 46.4 Å². The molecule has 0 bridgehead atoms. The number of hydrogen-bond acceptors (Lipinski definition) is 3. The SMILES string of the molecule is CC[C@H](N)C(=O)[N+]1(C(=O)O)C[C@@H](F)CC1C. The van der Waals surface area contributed by atoms with Crippen LogP contribution in [-0.2, 0) is 4.79 Å². The van der Waals surface area contributed by atoms with Gasteiger partial charge in [-0.05, 0) is 13.3 Å². The molecule has 1 fully saturated rings. The maximum Gasteiger partial charge on any atom is 0.521 e. The molecule has 2 amide bonds. The summed E-state index contributed by atoms with van der Waals surface area (Å²) in [6, 6.07) is -1.40. The maximum absolute atomic E-state index is 13.3. The molecule has 1 rings (SSSR count). The van der Waals surface area contributed by atoms with E-state index < -0.39 is 34.7 Å². The Morgan fingerprint density at radius 1 is 1.62 bits per heavy atom. The van der Waals surface area contributed by atoms with Crippen LogP contribution in [0, 0.1) is 0 Å². The van der Waals surface area contributed by atoms with E-state index in [1.165, 1.54) is 0 Å². The van der Waals surface area contributed by atoms with Gasteiger partial charge in [-0.25, -0.2) is 9.18 Å². The predicted octanol–water partition coefficient (Wildman–Crippen LogP) is 0.875. The fourth-order valence-electron chi connectivity index (χ4n) is 2.26. The van der Waals surface area contributed by atoms with Gasteiger partial charge in [0.2, 0.25) is 0 Å². The average Bonchev–Trinajstić information content (AvgIpc) is 2.52. The summed E-state index contributed by atoms with van der Waals surface area (Å²) in [4.78, 5) is 23.3. The summed E-state index contributed by atoms with van der Waals surface area (Å²) in [5, 5.41) is 9.20. The molecule has 16 heavy (non-hydrogen) atoms. The molecule has 4 atom stereocenters. The summed E-state index contributed by atoms with van der Waals surface area (Å²) in [6.45, 7) is 2.98. The lowest BCUT2D eigenvalue weighted by molar-refractivity contribution is -0.794. The number of carbonyl (C=O) groups is 2. The largest absolute Gasteiger partial charge is 0.521 e. The van der Waals surface area contributed by atoms with Crippen LogP contribution in [0.25, 0.3) is 0 Å². The first-order chi connectivity index (χ1) is 7.36. The number of alkyl halides is 1. The standard InChI is InChI=1S/C10H17FN2O3/c1-3-8(12)9(14)13(10(15)16)5-7(11)4-6(13)2/h6-8H,3-5,12H2,1-2H3/p+1/t6?,7-,8-,13?/m0/s1. The number of rotatable bonds is 2. The van der Waals surface area contributed by atoms with Crippen molar-refractivity contribution in [2.24, 2.45) is 5.73 Å². The number of quaternary nitrogens is 1. The molecular weight excluding hydrogens is 215 g/mol. The van der Waals surface area contributed by atoms with Gasteiger partial charge in [-0.1, -0.05) is 6.92 Å². The van der Waals surface area contributed by atoms with Gasteiger partial charge in [-0.2, -0.15) is 9.28 Å². The quantitative estimate of drug-likeness (QED) is 0.694. The number of nitrogens with zero attached hydrogens (tertiary/aromatic N) is 1. The van der Waals surface area contributed by atoms with E-state index in [-0.39, 0.29) is 13.0 Å². The second-order valence-electron chi connectivity index (χ2n) is 4.37. The molecule has 0 aromatic rings. The third-order valence-electron chi connectivity index (χ3n) is 3.33. The van der Waals surface area contributed by atoms with Crippen LogP contribution in [0.2, 0.25) is 0 Å². The predicted molar refractivity (Wildman–Crippen MR) is 55.4 cm³/mol. The number of likely N-dealkylation sites (tertiary alicyclic amines) is 1. The Hall–Kier alpha value is -1.01. The summed E-state index contributed by atoms with van der Waals surface area (Å²) in [5.74, 6) is -0.595. The fourth-order valence-corrected chi connectivity index (χ4v) is 2.26. The van der Waals surface area contributed by atoms with Gasteiger partial charge in [0, 0.05) is 6.42 Å². The minimum atomic E-state index is -1.30. The van der Waals surface area contributed by atoms with Gasteiger partial charge in [0.05, 0.1) is 0 Å². The molecule has 2 unspecified atom stereocenters. The zero-order chi connectivity index (χ0) is 12.5. The number of hydrogen-bond donors (Lipinski definition) is 2. The number of amides is 2. The Labute approximate surface area is 93.6 Å². The van der Waals surface area contributed by atoms with Gasteiger partial charge in [-0.3, -0.25) is 0 Å². The number of imide groups is 1. The van der Waals surface area contributed by atoms with E-state index in [0.29, 0.717) is 6.42 Å². The number of carbonyl (C=O) groups excluding carboxylic acids is 1. The van der Waals surface area contributed by atoms with Crippen molar-refractivity contribution in [1.82, 2.24) is 0 Å². The fraction of sp³-hybridized carbons (Fsp3) is 0.800. The van der Waals surface area contributed by atoms with Crippen molar-refractivity contribution >= 4 is 12.0 Å². The lowest BCUT2D eigenvalue weighted by Crippen LogP contribution is -2.63. The molecule has 0 radical (unpaired) electrons. The summed E-state index contributed by atoms with van der Waals surface area (Å²) in [6.07, 6.45) is -2.11. The Balaban J connectivity index is 3.08. The van der Waals surface area contributed by atoms with Crippen LogP contribution in [0.15, 0.2) is 0 Å². The van der Waals surface area contributed by atoms with Gasteiger partial charge in [0.15, 0.2) is 6.17 Å². The Kier molecular flexibility index (Phi) is 3.64. The van der Waals surface area contributed by atoms with Crippen molar-refractivity contribution < 1.29 is 23.6 Å². The molecule has 0 aromatic heterocycles. The topological polar surface area (TPSA) is 80.4 Å². The minimum Gasteiger partial charge on any atom is -0.435 e. The van der Waals surface area contributed by atoms with Crippen molar-refractivity contribution in [2.45, 2.75) is 44.9 Å². The van der Waals surface area contributed by atoms with Crippen LogP contribution < -0.4 is 5.73 Å². The second kappa shape index (κ2) is 4.47. The summed E-state index contributed by atoms with van der Waals surface area (Å²) in [5.41, 5.74) is 5.58. The van der Waals surface area contributed by atoms with Crippen molar-refractivity contribution in [1.29, 1.82) is 0 Å². The normalized spacial score (nSPS) is 36.0. The van der Waals surface area contributed by atoms with E-state index in [4.69, 9.17) is 5.73 Å². The van der Waals surface area contributed by atoms with Gasteiger partial charge in [0.25, 0.3) is 0 Å². The lowest BCUT2D eigenvalue weighted by atomic mass is 10.1. The lowest BCUT2D eigenvalue weighted by Gasteiger charge is -2.31. The van der Waals surface area contributed by atoms with Crippen LogP contribution in [0.5, 0.6) is 0 Å². The minimum absolute atomic E-state index is 0.0917. The molecule has 6 heteroatoms. The molecule has 92 valence electrons. The highest BCUT2D eigenvalue weighted by atomic mass is 19.1. The summed E-state index contributed by atoms with van der Waals surface area (Å²) in [7, 11) is 0. The molecule has 0 saturated carbocycles.